The molecule has 1 aliphatic heterocycles. The number of hydrogen-bond acceptors (Lipinski definition) is 7. The van der Waals surface area contributed by atoms with Crippen LogP contribution in [0.15, 0.2) is 41.6 Å². The Balaban J connectivity index is 1.60. The Bertz CT molecular complexity index is 1170. The fourth-order valence-electron chi connectivity index (χ4n) is 3.37. The van der Waals surface area contributed by atoms with Crippen molar-refractivity contribution in [1.29, 1.82) is 0 Å². The molecule has 2 heterocycles. The molecule has 2 N–H and O–H groups in total. The van der Waals surface area contributed by atoms with Crippen molar-refractivity contribution in [3.05, 3.63) is 65.0 Å². The molecule has 3 aromatic rings. The Hall–Kier alpha value is -2.63. The van der Waals surface area contributed by atoms with Crippen molar-refractivity contribution in [1.82, 2.24) is 14.7 Å². The number of rotatable bonds is 6. The van der Waals surface area contributed by atoms with Crippen LogP contribution in [0.2, 0.25) is 0 Å². The number of anilines is 1. The number of fused-ring (bicyclic) bond motifs is 1. The van der Waals surface area contributed by atoms with Crippen molar-refractivity contribution in [2.24, 2.45) is 0 Å². The molecule has 1 aromatic heterocycles. The highest BCUT2D eigenvalue weighted by atomic mass is 32.2. The maximum Gasteiger partial charge on any atom is 0.266 e. The van der Waals surface area contributed by atoms with Crippen LogP contribution in [0.25, 0.3) is 0 Å². The van der Waals surface area contributed by atoms with E-state index < -0.39 is 32.7 Å². The minimum atomic E-state index is -4.37. The first-order valence-electron chi connectivity index (χ1n) is 9.12. The van der Waals surface area contributed by atoms with E-state index in [9.17, 15) is 17.2 Å². The Kier molecular flexibility index (Phi) is 5.67. The van der Waals surface area contributed by atoms with Crippen molar-refractivity contribution in [3.8, 4) is 5.75 Å². The molecule has 0 unspecified atom stereocenters. The molecule has 2 aromatic carbocycles. The first kappa shape index (κ1) is 20.6. The second-order valence-electron chi connectivity index (χ2n) is 6.74. The molecule has 11 heteroatoms. The summed E-state index contributed by atoms with van der Waals surface area (Å²) in [5.41, 5.74) is 3.14. The van der Waals surface area contributed by atoms with Crippen LogP contribution < -0.4 is 14.8 Å². The van der Waals surface area contributed by atoms with Gasteiger partial charge in [-0.1, -0.05) is 18.2 Å². The molecule has 0 radical (unpaired) electrons. The largest absolute Gasteiger partial charge is 0.483 e. The number of aromatic nitrogens is 2. The van der Waals surface area contributed by atoms with Crippen LogP contribution >= 0.6 is 11.5 Å². The quantitative estimate of drug-likeness (QED) is 0.596. The van der Waals surface area contributed by atoms with Gasteiger partial charge in [0.25, 0.3) is 10.0 Å². The van der Waals surface area contributed by atoms with E-state index in [0.717, 1.165) is 48.0 Å². The topological polar surface area (TPSA) is 93.2 Å². The third kappa shape index (κ3) is 4.13. The molecule has 158 valence electrons. The summed E-state index contributed by atoms with van der Waals surface area (Å²) in [6.07, 6.45) is 1.47. The second kappa shape index (κ2) is 8.25. The number of nitrogens with one attached hydrogen (secondary N) is 2. The first-order chi connectivity index (χ1) is 14.3. The monoisotopic (exact) mass is 452 g/mol. The van der Waals surface area contributed by atoms with Gasteiger partial charge in [0.05, 0.1) is 0 Å². The lowest BCUT2D eigenvalue weighted by molar-refractivity contribution is 0.213. The Morgan fingerprint density at radius 2 is 2.10 bits per heavy atom. The minimum absolute atomic E-state index is 0.0498. The van der Waals surface area contributed by atoms with E-state index >= 15 is 0 Å². The molecule has 0 bridgehead atoms. The molecule has 7 nitrogen and oxygen atoms in total. The van der Waals surface area contributed by atoms with Crippen LogP contribution in [0.5, 0.6) is 5.75 Å². The van der Waals surface area contributed by atoms with Crippen LogP contribution in [-0.4, -0.2) is 24.3 Å². The van der Waals surface area contributed by atoms with Gasteiger partial charge >= 0.3 is 0 Å². The second-order valence-corrected chi connectivity index (χ2v) is 9.17. The fourth-order valence-corrected chi connectivity index (χ4v) is 5.10. The molecular weight excluding hydrogens is 434 g/mol. The Morgan fingerprint density at radius 3 is 2.87 bits per heavy atom. The zero-order valence-corrected chi connectivity index (χ0v) is 17.5. The van der Waals surface area contributed by atoms with Gasteiger partial charge in [-0.25, -0.2) is 22.2 Å². The molecule has 4 rings (SSSR count). The average Bonchev–Trinajstić information content (AvgIpc) is 3.22. The van der Waals surface area contributed by atoms with E-state index in [4.69, 9.17) is 4.74 Å². The van der Waals surface area contributed by atoms with E-state index in [1.807, 2.05) is 18.2 Å². The number of sulfonamides is 1. The number of benzene rings is 2. The standard InChI is InChI=1S/C19H18F2N4O3S2/c1-11(13-4-2-3-12-5-6-22-9-14(12)13)28-17-7-16(21)18(8-15(17)20)30(26,27)25-19-23-10-24-29-19/h2-4,7-8,10-11,22H,5-6,9H2,1H3,(H,23,24,25)/t11-/m0/s1. The maximum atomic E-state index is 14.6. The predicted molar refractivity (Wildman–Crippen MR) is 108 cm³/mol. The van der Waals surface area contributed by atoms with Crippen molar-refractivity contribution < 1.29 is 21.9 Å². The van der Waals surface area contributed by atoms with Gasteiger partial charge < -0.3 is 10.1 Å². The summed E-state index contributed by atoms with van der Waals surface area (Å²) in [5.74, 6) is -2.48. The lowest BCUT2D eigenvalue weighted by Crippen LogP contribution is -2.25. The van der Waals surface area contributed by atoms with Gasteiger partial charge in [0, 0.05) is 30.2 Å². The minimum Gasteiger partial charge on any atom is -0.483 e. The van der Waals surface area contributed by atoms with Gasteiger partial charge in [0.1, 0.15) is 23.1 Å². The molecule has 0 amide bonds. The maximum absolute atomic E-state index is 14.6. The summed E-state index contributed by atoms with van der Waals surface area (Å²) in [7, 11) is -4.37. The van der Waals surface area contributed by atoms with E-state index in [1.165, 1.54) is 5.56 Å². The van der Waals surface area contributed by atoms with E-state index in [-0.39, 0.29) is 10.9 Å². The summed E-state index contributed by atoms with van der Waals surface area (Å²) in [6, 6.07) is 7.18. The average molecular weight is 453 g/mol. The van der Waals surface area contributed by atoms with E-state index in [1.54, 1.807) is 6.92 Å². The van der Waals surface area contributed by atoms with Gasteiger partial charge in [-0.3, -0.25) is 4.72 Å². The van der Waals surface area contributed by atoms with Gasteiger partial charge in [-0.15, -0.1) is 0 Å². The van der Waals surface area contributed by atoms with Gasteiger partial charge in [0.15, 0.2) is 11.6 Å². The molecule has 1 aliphatic rings. The van der Waals surface area contributed by atoms with E-state index in [0.29, 0.717) is 12.6 Å². The lowest BCUT2D eigenvalue weighted by atomic mass is 9.93. The molecule has 0 spiro atoms. The number of nitrogens with zero attached hydrogens (tertiary/aromatic N) is 2. The lowest BCUT2D eigenvalue weighted by Gasteiger charge is -2.24. The number of ether oxygens (including phenoxy) is 1. The number of halogens is 2. The van der Waals surface area contributed by atoms with Gasteiger partial charge in [0.2, 0.25) is 5.13 Å². The summed E-state index contributed by atoms with van der Waals surface area (Å²) in [6.45, 7) is 3.29. The molecule has 0 saturated heterocycles. The van der Waals surface area contributed by atoms with Crippen molar-refractivity contribution >= 4 is 26.7 Å². The number of hydrogen-bond donors (Lipinski definition) is 2. The van der Waals surface area contributed by atoms with Crippen LogP contribution in [0.4, 0.5) is 13.9 Å². The van der Waals surface area contributed by atoms with Crippen molar-refractivity contribution in [3.63, 3.8) is 0 Å². The third-order valence-corrected chi connectivity index (χ3v) is 6.85. The van der Waals surface area contributed by atoms with Gasteiger partial charge in [-0.05, 0) is 36.6 Å². The Morgan fingerprint density at radius 1 is 1.27 bits per heavy atom. The normalized spacial score (nSPS) is 14.8. The van der Waals surface area contributed by atoms with Crippen LogP contribution in [-0.2, 0) is 23.0 Å². The highest BCUT2D eigenvalue weighted by Crippen LogP contribution is 2.32. The molecule has 0 saturated carbocycles. The van der Waals surface area contributed by atoms with Gasteiger partial charge in [-0.2, -0.15) is 4.37 Å². The third-order valence-electron chi connectivity index (χ3n) is 4.78. The molecule has 0 fully saturated rings. The smallest absolute Gasteiger partial charge is 0.266 e. The summed E-state index contributed by atoms with van der Waals surface area (Å²) in [5, 5.41) is 3.24. The molecular formula is C19H18F2N4O3S2. The highest BCUT2D eigenvalue weighted by Gasteiger charge is 2.25. The Labute approximate surface area is 176 Å². The molecule has 0 aliphatic carbocycles. The fraction of sp³-hybridized carbons (Fsp3) is 0.263. The van der Waals surface area contributed by atoms with Crippen LogP contribution in [0.3, 0.4) is 0 Å². The van der Waals surface area contributed by atoms with Crippen LogP contribution in [0.1, 0.15) is 29.7 Å². The van der Waals surface area contributed by atoms with E-state index in [2.05, 4.69) is 19.4 Å². The SMILES string of the molecule is C[C@H](Oc1cc(F)c(S(=O)(=O)Nc2ncns2)cc1F)c1cccc2c1CNCC2. The zero-order chi connectivity index (χ0) is 21.3. The molecule has 30 heavy (non-hydrogen) atoms. The zero-order valence-electron chi connectivity index (χ0n) is 15.9. The predicted octanol–water partition coefficient (Wildman–Crippen LogP) is 3.40. The van der Waals surface area contributed by atoms with Crippen LogP contribution in [0, 0.1) is 11.6 Å². The highest BCUT2D eigenvalue weighted by molar-refractivity contribution is 7.93. The summed E-state index contributed by atoms with van der Waals surface area (Å²) < 4.78 is 65.3. The summed E-state index contributed by atoms with van der Waals surface area (Å²) in [4.78, 5) is 2.84. The van der Waals surface area contributed by atoms with Crippen molar-refractivity contribution in [2.75, 3.05) is 11.3 Å². The summed E-state index contributed by atoms with van der Waals surface area (Å²) >= 11 is 0.777. The molecule has 1 atom stereocenters. The van der Waals surface area contributed by atoms with Crippen molar-refractivity contribution in [2.45, 2.75) is 30.9 Å². The first-order valence-corrected chi connectivity index (χ1v) is 11.4.